The Hall–Kier alpha value is -3.58. The Kier molecular flexibility index (Phi) is 6.95. The van der Waals surface area contributed by atoms with Crippen molar-refractivity contribution in [3.05, 3.63) is 82.9 Å². The molecule has 1 N–H and O–H groups in total. The molecular weight excluding hydrogens is 490 g/mol. The molecule has 0 saturated heterocycles. The third-order valence-corrected chi connectivity index (χ3v) is 6.02. The van der Waals surface area contributed by atoms with E-state index in [1.807, 2.05) is 60.7 Å². The first kappa shape index (κ1) is 26.5. The molecule has 37 heavy (non-hydrogen) atoms. The normalized spacial score (nSPS) is 17.9. The summed E-state index contributed by atoms with van der Waals surface area (Å²) in [4.78, 5) is 26.8. The summed E-state index contributed by atoms with van der Waals surface area (Å²) in [6.45, 7) is 10.7. The maximum absolute atomic E-state index is 13.6. The van der Waals surface area contributed by atoms with Crippen LogP contribution in [0.3, 0.4) is 0 Å². The average molecular weight is 522 g/mol. The number of hydrogen-bond acceptors (Lipinski definition) is 5. The maximum atomic E-state index is 13.6. The number of alkyl carbamates (subject to hydrolysis) is 1. The second kappa shape index (κ2) is 9.71. The van der Waals surface area contributed by atoms with Gasteiger partial charge in [-0.25, -0.2) is 9.59 Å². The minimum atomic E-state index is -1.43. The Morgan fingerprint density at radius 1 is 0.892 bits per heavy atom. The summed E-state index contributed by atoms with van der Waals surface area (Å²) in [7, 11) is 0. The van der Waals surface area contributed by atoms with Gasteiger partial charge in [-0.05, 0) is 64.4 Å². The van der Waals surface area contributed by atoms with Gasteiger partial charge in [-0.1, -0.05) is 66.2 Å². The summed E-state index contributed by atoms with van der Waals surface area (Å²) in [5.74, 6) is 0. The van der Waals surface area contributed by atoms with Crippen LogP contribution < -0.4 is 5.32 Å². The molecule has 0 fully saturated rings. The summed E-state index contributed by atoms with van der Waals surface area (Å²) in [5, 5.41) is 11.3. The van der Waals surface area contributed by atoms with Crippen LogP contribution in [-0.2, 0) is 15.1 Å². The van der Waals surface area contributed by atoms with Crippen molar-refractivity contribution in [2.24, 2.45) is 5.10 Å². The predicted molar refractivity (Wildman–Crippen MR) is 146 cm³/mol. The Morgan fingerprint density at radius 3 is 2.16 bits per heavy atom. The van der Waals surface area contributed by atoms with Gasteiger partial charge in [0.1, 0.15) is 11.2 Å². The zero-order valence-corrected chi connectivity index (χ0v) is 22.7. The highest BCUT2D eigenvalue weighted by Gasteiger charge is 2.51. The van der Waals surface area contributed by atoms with Crippen molar-refractivity contribution in [2.75, 3.05) is 0 Å². The quantitative estimate of drug-likeness (QED) is 0.394. The fourth-order valence-corrected chi connectivity index (χ4v) is 4.46. The number of hydrogen-bond donors (Lipinski definition) is 1. The van der Waals surface area contributed by atoms with E-state index in [9.17, 15) is 9.59 Å². The van der Waals surface area contributed by atoms with E-state index < -0.39 is 29.1 Å². The van der Waals surface area contributed by atoms with Crippen LogP contribution in [-0.4, -0.2) is 34.1 Å². The second-order valence-corrected chi connectivity index (χ2v) is 11.5. The lowest BCUT2D eigenvalue weighted by atomic mass is 9.90. The highest BCUT2D eigenvalue weighted by Crippen LogP contribution is 2.40. The van der Waals surface area contributed by atoms with Gasteiger partial charge >= 0.3 is 12.2 Å². The van der Waals surface area contributed by atoms with Crippen LogP contribution in [0.15, 0.2) is 71.8 Å². The second-order valence-electron chi connectivity index (χ2n) is 11.0. The number of ether oxygens (including phenoxy) is 2. The van der Waals surface area contributed by atoms with E-state index in [2.05, 4.69) is 10.4 Å². The first-order valence-corrected chi connectivity index (χ1v) is 12.5. The molecule has 3 aromatic rings. The van der Waals surface area contributed by atoms with Gasteiger partial charge in [0.2, 0.25) is 0 Å². The van der Waals surface area contributed by atoms with Crippen LogP contribution in [0, 0.1) is 0 Å². The number of carbonyl (C=O) groups excluding carboxylic acids is 2. The fraction of sp³-hybridized carbons (Fsp3) is 0.345. The molecule has 0 radical (unpaired) electrons. The largest absolute Gasteiger partial charge is 0.444 e. The summed E-state index contributed by atoms with van der Waals surface area (Å²) < 4.78 is 11.4. The SMILES string of the molecule is CC(C)(C)OC(=O)NC1(c2ccc3ccccc3c2)CC(c2ccccc2Cl)=NN1C(=O)OC(C)(C)C. The lowest BCUT2D eigenvalue weighted by molar-refractivity contribution is -0.0117. The highest BCUT2D eigenvalue weighted by atomic mass is 35.5. The number of amides is 2. The molecule has 0 saturated carbocycles. The minimum Gasteiger partial charge on any atom is -0.444 e. The zero-order valence-electron chi connectivity index (χ0n) is 22.0. The third-order valence-electron chi connectivity index (χ3n) is 5.69. The minimum absolute atomic E-state index is 0.146. The van der Waals surface area contributed by atoms with Crippen LogP contribution in [0.25, 0.3) is 10.8 Å². The number of halogens is 1. The Bertz CT molecular complexity index is 1370. The van der Waals surface area contributed by atoms with Gasteiger partial charge in [-0.2, -0.15) is 10.1 Å². The van der Waals surface area contributed by atoms with Gasteiger partial charge in [0.25, 0.3) is 0 Å². The maximum Gasteiger partial charge on any atom is 0.433 e. The highest BCUT2D eigenvalue weighted by molar-refractivity contribution is 6.34. The molecule has 1 aliphatic heterocycles. The first-order valence-electron chi connectivity index (χ1n) is 12.1. The van der Waals surface area contributed by atoms with Crippen molar-refractivity contribution < 1.29 is 19.1 Å². The van der Waals surface area contributed by atoms with E-state index in [0.717, 1.165) is 10.8 Å². The average Bonchev–Trinajstić information content (AvgIpc) is 3.17. The van der Waals surface area contributed by atoms with Crippen LogP contribution in [0.5, 0.6) is 0 Å². The number of rotatable bonds is 3. The molecule has 1 unspecified atom stereocenters. The molecule has 1 aliphatic rings. The van der Waals surface area contributed by atoms with E-state index in [4.69, 9.17) is 21.1 Å². The molecule has 4 rings (SSSR count). The first-order chi connectivity index (χ1) is 17.3. The van der Waals surface area contributed by atoms with E-state index >= 15 is 0 Å². The molecule has 0 bridgehead atoms. The molecule has 1 heterocycles. The van der Waals surface area contributed by atoms with Crippen molar-refractivity contribution in [2.45, 2.75) is 64.8 Å². The molecule has 8 heteroatoms. The number of nitrogens with zero attached hydrogens (tertiary/aromatic N) is 2. The van der Waals surface area contributed by atoms with Crippen LogP contribution in [0.1, 0.15) is 59.1 Å². The topological polar surface area (TPSA) is 80.2 Å². The van der Waals surface area contributed by atoms with Crippen LogP contribution in [0.2, 0.25) is 5.02 Å². The molecule has 194 valence electrons. The summed E-state index contributed by atoms with van der Waals surface area (Å²) in [6, 6.07) is 20.9. The van der Waals surface area contributed by atoms with E-state index in [1.54, 1.807) is 47.6 Å². The van der Waals surface area contributed by atoms with Gasteiger partial charge in [0.05, 0.1) is 5.71 Å². The van der Waals surface area contributed by atoms with Crippen molar-refractivity contribution in [1.82, 2.24) is 10.3 Å². The molecule has 1 atom stereocenters. The summed E-state index contributed by atoms with van der Waals surface area (Å²) >= 11 is 6.52. The third kappa shape index (κ3) is 5.88. The number of carbonyl (C=O) groups is 2. The fourth-order valence-electron chi connectivity index (χ4n) is 4.22. The van der Waals surface area contributed by atoms with Crippen molar-refractivity contribution in [3.8, 4) is 0 Å². The Morgan fingerprint density at radius 2 is 1.51 bits per heavy atom. The van der Waals surface area contributed by atoms with Gasteiger partial charge in [0, 0.05) is 22.6 Å². The van der Waals surface area contributed by atoms with E-state index in [-0.39, 0.29) is 6.42 Å². The van der Waals surface area contributed by atoms with Crippen LogP contribution >= 0.6 is 11.6 Å². The number of benzene rings is 3. The van der Waals surface area contributed by atoms with Gasteiger partial charge in [0.15, 0.2) is 5.66 Å². The lowest BCUT2D eigenvalue weighted by Crippen LogP contribution is -2.57. The molecule has 2 amide bonds. The van der Waals surface area contributed by atoms with Gasteiger partial charge in [-0.3, -0.25) is 5.32 Å². The molecule has 0 spiro atoms. The van der Waals surface area contributed by atoms with Crippen LogP contribution in [0.4, 0.5) is 9.59 Å². The molecule has 7 nitrogen and oxygen atoms in total. The Balaban J connectivity index is 1.90. The van der Waals surface area contributed by atoms with Gasteiger partial charge < -0.3 is 9.47 Å². The van der Waals surface area contributed by atoms with Gasteiger partial charge in [-0.15, -0.1) is 0 Å². The number of hydrazone groups is 1. The van der Waals surface area contributed by atoms with Crippen molar-refractivity contribution >= 4 is 40.3 Å². The van der Waals surface area contributed by atoms with E-state index in [0.29, 0.717) is 21.9 Å². The van der Waals surface area contributed by atoms with Crippen molar-refractivity contribution in [3.63, 3.8) is 0 Å². The monoisotopic (exact) mass is 521 g/mol. The molecular formula is C29H32ClN3O4. The molecule has 3 aromatic carbocycles. The smallest absolute Gasteiger partial charge is 0.433 e. The number of nitrogens with one attached hydrogen (secondary N) is 1. The summed E-state index contributed by atoms with van der Waals surface area (Å²) in [6.07, 6.45) is -1.25. The summed E-state index contributed by atoms with van der Waals surface area (Å²) in [5.41, 5.74) is -1.14. The lowest BCUT2D eigenvalue weighted by Gasteiger charge is -2.38. The van der Waals surface area contributed by atoms with Crippen molar-refractivity contribution in [1.29, 1.82) is 0 Å². The number of fused-ring (bicyclic) bond motifs is 1. The molecule has 0 aliphatic carbocycles. The zero-order chi connectivity index (χ0) is 27.0. The van der Waals surface area contributed by atoms with E-state index in [1.165, 1.54) is 5.01 Å². The standard InChI is InChI=1S/C29H32ClN3O4/c1-27(2,3)36-25(34)31-29(21-16-15-19-11-7-8-12-20(19)17-21)18-24(22-13-9-10-14-23(22)30)32-33(29)26(35)37-28(4,5)6/h7-17H,18H2,1-6H3,(H,31,34). The Labute approximate surface area is 222 Å². The predicted octanol–water partition coefficient (Wildman–Crippen LogP) is 7.22. The molecule has 0 aromatic heterocycles.